The van der Waals surface area contributed by atoms with Crippen LogP contribution in [-0.2, 0) is 24.3 Å². The maximum atomic E-state index is 12.7. The van der Waals surface area contributed by atoms with Crippen LogP contribution >= 0.6 is 12.2 Å². The number of benzene rings is 2. The van der Waals surface area contributed by atoms with Crippen LogP contribution in [0.1, 0.15) is 37.3 Å². The van der Waals surface area contributed by atoms with Crippen LogP contribution in [0.25, 0.3) is 0 Å². The number of para-hydroxylation sites is 1. The highest BCUT2D eigenvalue weighted by Gasteiger charge is 2.17. The Bertz CT molecular complexity index is 1060. The van der Waals surface area contributed by atoms with E-state index in [1.54, 1.807) is 12.1 Å². The topological polar surface area (TPSA) is 114 Å². The Labute approximate surface area is 193 Å². The van der Waals surface area contributed by atoms with Gasteiger partial charge in [0.1, 0.15) is 0 Å². The van der Waals surface area contributed by atoms with Gasteiger partial charge in [0, 0.05) is 12.1 Å². The van der Waals surface area contributed by atoms with E-state index in [2.05, 4.69) is 15.4 Å². The molecular weight excluding hydrogens is 450 g/mol. The summed E-state index contributed by atoms with van der Waals surface area (Å²) in [7, 11) is -3.77. The highest BCUT2D eigenvalue weighted by molar-refractivity contribution is 7.92. The monoisotopic (exact) mass is 477 g/mol. The number of hydrogen-bond acceptors (Lipinski definition) is 6. The molecule has 0 radical (unpaired) electrons. The first-order valence-corrected chi connectivity index (χ1v) is 12.0. The maximum absolute atomic E-state index is 12.7. The molecule has 1 amide bonds. The third-order valence-corrected chi connectivity index (χ3v) is 5.99. The van der Waals surface area contributed by atoms with Crippen LogP contribution in [0.4, 0.5) is 11.4 Å². The lowest BCUT2D eigenvalue weighted by atomic mass is 10.1. The Hall–Kier alpha value is -2.98. The third kappa shape index (κ3) is 7.61. The number of esters is 1. The van der Waals surface area contributed by atoms with Crippen LogP contribution in [0.5, 0.6) is 0 Å². The number of aryl methyl sites for hydroxylation is 2. The number of nitrogens with one attached hydrogen (secondary N) is 3. The minimum Gasteiger partial charge on any atom is -0.466 e. The van der Waals surface area contributed by atoms with Crippen LogP contribution in [0.3, 0.4) is 0 Å². The molecular formula is C22H27N3O5S2. The molecule has 3 N–H and O–H groups in total. The number of sulfonamides is 1. The number of thiocarbonyl (C=S) groups is 1. The predicted molar refractivity (Wildman–Crippen MR) is 128 cm³/mol. The van der Waals surface area contributed by atoms with Crippen molar-refractivity contribution in [1.82, 2.24) is 5.32 Å². The number of carbonyl (C=O) groups is 2. The van der Waals surface area contributed by atoms with Gasteiger partial charge in [-0.05, 0) is 67.9 Å². The minimum atomic E-state index is -3.77. The molecule has 2 aromatic carbocycles. The molecule has 2 aromatic rings. The van der Waals surface area contributed by atoms with Crippen molar-refractivity contribution in [2.24, 2.45) is 0 Å². The summed E-state index contributed by atoms with van der Waals surface area (Å²) in [6.45, 7) is 5.88. The molecule has 8 nitrogen and oxygen atoms in total. The van der Waals surface area contributed by atoms with E-state index in [0.29, 0.717) is 24.4 Å². The lowest BCUT2D eigenvalue weighted by molar-refractivity contribution is -0.144. The molecule has 0 unspecified atom stereocenters. The molecule has 0 bridgehead atoms. The van der Waals surface area contributed by atoms with E-state index >= 15 is 0 Å². The van der Waals surface area contributed by atoms with Gasteiger partial charge in [0.05, 0.1) is 23.6 Å². The summed E-state index contributed by atoms with van der Waals surface area (Å²) in [5.41, 5.74) is 2.71. The second-order valence-corrected chi connectivity index (χ2v) is 9.21. The van der Waals surface area contributed by atoms with Crippen molar-refractivity contribution >= 4 is 50.6 Å². The van der Waals surface area contributed by atoms with Crippen molar-refractivity contribution in [2.75, 3.05) is 16.6 Å². The summed E-state index contributed by atoms with van der Waals surface area (Å²) in [5, 5.41) is 5.33. The molecule has 172 valence electrons. The number of carbonyl (C=O) groups excluding carboxylic acids is 2. The van der Waals surface area contributed by atoms with E-state index in [9.17, 15) is 18.0 Å². The Morgan fingerprint density at radius 3 is 2.22 bits per heavy atom. The van der Waals surface area contributed by atoms with Gasteiger partial charge in [-0.3, -0.25) is 14.3 Å². The fourth-order valence-corrected chi connectivity index (χ4v) is 4.18. The average Bonchev–Trinajstić information content (AvgIpc) is 2.74. The van der Waals surface area contributed by atoms with Gasteiger partial charge in [0.2, 0.25) is 5.91 Å². The number of hydrogen-bond donors (Lipinski definition) is 3. The third-order valence-electron chi connectivity index (χ3n) is 4.42. The van der Waals surface area contributed by atoms with Gasteiger partial charge < -0.3 is 15.4 Å². The van der Waals surface area contributed by atoms with E-state index in [1.807, 2.05) is 39.0 Å². The van der Waals surface area contributed by atoms with Crippen LogP contribution in [0.15, 0.2) is 47.4 Å². The van der Waals surface area contributed by atoms with Crippen molar-refractivity contribution in [3.63, 3.8) is 0 Å². The molecule has 0 aromatic heterocycles. The van der Waals surface area contributed by atoms with Gasteiger partial charge in [0.25, 0.3) is 10.0 Å². The van der Waals surface area contributed by atoms with Gasteiger partial charge in [0.15, 0.2) is 5.11 Å². The summed E-state index contributed by atoms with van der Waals surface area (Å²) in [6.07, 6.45) is 0.632. The first-order chi connectivity index (χ1) is 15.1. The van der Waals surface area contributed by atoms with Gasteiger partial charge in [-0.25, -0.2) is 8.42 Å². The number of anilines is 2. The van der Waals surface area contributed by atoms with Crippen LogP contribution in [-0.4, -0.2) is 32.0 Å². The Balaban J connectivity index is 1.92. The Kier molecular flexibility index (Phi) is 9.15. The molecule has 0 saturated heterocycles. The molecule has 0 aliphatic carbocycles. The van der Waals surface area contributed by atoms with Gasteiger partial charge in [-0.15, -0.1) is 0 Å². The molecule has 0 atom stereocenters. The largest absolute Gasteiger partial charge is 0.466 e. The number of amides is 1. The second-order valence-electron chi connectivity index (χ2n) is 7.12. The molecule has 0 saturated carbocycles. The molecule has 0 aliphatic heterocycles. The van der Waals surface area contributed by atoms with E-state index < -0.39 is 21.9 Å². The quantitative estimate of drug-likeness (QED) is 0.373. The van der Waals surface area contributed by atoms with Crippen molar-refractivity contribution < 1.29 is 22.7 Å². The summed E-state index contributed by atoms with van der Waals surface area (Å²) < 4.78 is 33.0. The highest BCUT2D eigenvalue weighted by Crippen LogP contribution is 2.24. The molecule has 0 aliphatic rings. The zero-order valence-corrected chi connectivity index (χ0v) is 19.9. The number of rotatable bonds is 9. The lowest BCUT2D eigenvalue weighted by Crippen LogP contribution is -2.34. The van der Waals surface area contributed by atoms with Gasteiger partial charge in [-0.2, -0.15) is 0 Å². The summed E-state index contributed by atoms with van der Waals surface area (Å²) in [5.74, 6) is -0.861. The smallest absolute Gasteiger partial charge is 0.306 e. The first kappa shape index (κ1) is 25.3. The predicted octanol–water partition coefficient (Wildman–Crippen LogP) is 3.65. The minimum absolute atomic E-state index is 0.0334. The number of ether oxygens (including phenoxy) is 1. The normalized spacial score (nSPS) is 10.8. The Morgan fingerprint density at radius 1 is 1.00 bits per heavy atom. The van der Waals surface area contributed by atoms with Crippen LogP contribution in [0, 0.1) is 13.8 Å². The molecule has 2 rings (SSSR count). The van der Waals surface area contributed by atoms with E-state index in [1.165, 1.54) is 12.1 Å². The fourth-order valence-electron chi connectivity index (χ4n) is 2.74. The standard InChI is InChI=1S/C22H27N3O5S2/c1-4-14-30-20(27)13-12-19(26)24-22(31)23-17-8-10-18(11-9-17)32(28,29)25-21-15(2)6-5-7-16(21)3/h5-11,25H,4,12-14H2,1-3H3,(H2,23,24,26,31). The Morgan fingerprint density at radius 2 is 1.62 bits per heavy atom. The summed E-state index contributed by atoms with van der Waals surface area (Å²) in [4.78, 5) is 23.4. The van der Waals surface area contributed by atoms with Crippen molar-refractivity contribution in [3.8, 4) is 0 Å². The fraction of sp³-hybridized carbons (Fsp3) is 0.318. The summed E-state index contributed by atoms with van der Waals surface area (Å²) in [6, 6.07) is 11.5. The SMILES string of the molecule is CCCOC(=O)CCC(=O)NC(=S)Nc1ccc(S(=O)(=O)Nc2c(C)cccc2C)cc1. The van der Waals surface area contributed by atoms with E-state index in [0.717, 1.165) is 11.1 Å². The average molecular weight is 478 g/mol. The maximum Gasteiger partial charge on any atom is 0.306 e. The van der Waals surface area contributed by atoms with Crippen molar-refractivity contribution in [3.05, 3.63) is 53.6 Å². The van der Waals surface area contributed by atoms with Crippen molar-refractivity contribution in [2.45, 2.75) is 44.9 Å². The van der Waals surface area contributed by atoms with Crippen LogP contribution in [0.2, 0.25) is 0 Å². The lowest BCUT2D eigenvalue weighted by Gasteiger charge is -2.14. The first-order valence-electron chi connectivity index (χ1n) is 10.1. The van der Waals surface area contributed by atoms with E-state index in [-0.39, 0.29) is 22.8 Å². The van der Waals surface area contributed by atoms with E-state index in [4.69, 9.17) is 17.0 Å². The molecule has 32 heavy (non-hydrogen) atoms. The van der Waals surface area contributed by atoms with Crippen LogP contribution < -0.4 is 15.4 Å². The molecule has 0 fully saturated rings. The highest BCUT2D eigenvalue weighted by atomic mass is 32.2. The molecule has 10 heteroatoms. The van der Waals surface area contributed by atoms with Gasteiger partial charge >= 0.3 is 5.97 Å². The van der Waals surface area contributed by atoms with Crippen molar-refractivity contribution in [1.29, 1.82) is 0 Å². The molecule has 0 spiro atoms. The zero-order chi connectivity index (χ0) is 23.7. The second kappa shape index (κ2) is 11.6. The summed E-state index contributed by atoms with van der Waals surface area (Å²) >= 11 is 5.09. The molecule has 0 heterocycles. The zero-order valence-electron chi connectivity index (χ0n) is 18.2. The van der Waals surface area contributed by atoms with Gasteiger partial charge in [-0.1, -0.05) is 25.1 Å².